The second kappa shape index (κ2) is 10.7. The number of hydrogen-bond acceptors (Lipinski definition) is 4. The normalized spacial score (nSPS) is 11.9. The molecule has 0 aliphatic heterocycles. The zero-order valence-corrected chi connectivity index (χ0v) is 17.7. The first-order valence-electron chi connectivity index (χ1n) is 9.87. The molecule has 0 aliphatic rings. The van der Waals surface area contributed by atoms with Crippen LogP contribution in [0.2, 0.25) is 0 Å². The molecule has 1 N–H and O–H groups in total. The number of carbonyl (C=O) groups excluding carboxylic acids is 1. The fourth-order valence-corrected chi connectivity index (χ4v) is 2.92. The summed E-state index contributed by atoms with van der Waals surface area (Å²) >= 11 is 0. The predicted octanol–water partition coefficient (Wildman–Crippen LogP) is 3.96. The molecule has 0 aromatic heterocycles. The average molecular weight is 384 g/mol. The van der Waals surface area contributed by atoms with Gasteiger partial charge >= 0.3 is 0 Å². The molecule has 0 saturated heterocycles. The molecular formula is C23H33N3O2. The lowest BCUT2D eigenvalue weighted by atomic mass is 10.0. The van der Waals surface area contributed by atoms with E-state index in [0.717, 1.165) is 24.3 Å². The van der Waals surface area contributed by atoms with E-state index in [1.807, 2.05) is 52.5 Å². The summed E-state index contributed by atoms with van der Waals surface area (Å²) in [5, 5.41) is 3.06. The summed E-state index contributed by atoms with van der Waals surface area (Å²) in [5.74, 6) is 0.731. The van der Waals surface area contributed by atoms with Crippen LogP contribution in [0.5, 0.6) is 5.75 Å². The van der Waals surface area contributed by atoms with Gasteiger partial charge in [0, 0.05) is 31.9 Å². The number of anilines is 1. The van der Waals surface area contributed by atoms with Crippen molar-refractivity contribution < 1.29 is 9.53 Å². The molecule has 0 fully saturated rings. The van der Waals surface area contributed by atoms with E-state index >= 15 is 0 Å². The van der Waals surface area contributed by atoms with Crippen LogP contribution in [-0.4, -0.2) is 52.1 Å². The largest absolute Gasteiger partial charge is 0.494 e. The molecule has 152 valence electrons. The Bertz CT molecular complexity index is 725. The number of nitrogens with zero attached hydrogens (tertiary/aromatic N) is 2. The fraction of sp³-hybridized carbons (Fsp3) is 0.435. The third kappa shape index (κ3) is 6.27. The molecule has 0 saturated carbocycles. The maximum absolute atomic E-state index is 12.5. The minimum atomic E-state index is -0.0723. The number of ether oxygens (including phenoxy) is 1. The third-order valence-corrected chi connectivity index (χ3v) is 4.76. The van der Waals surface area contributed by atoms with Crippen molar-refractivity contribution in [2.45, 2.75) is 25.8 Å². The van der Waals surface area contributed by atoms with Gasteiger partial charge in [-0.3, -0.25) is 4.79 Å². The Morgan fingerprint density at radius 2 is 1.64 bits per heavy atom. The van der Waals surface area contributed by atoms with Crippen LogP contribution in [0.1, 0.15) is 41.7 Å². The minimum Gasteiger partial charge on any atom is -0.494 e. The van der Waals surface area contributed by atoms with Crippen LogP contribution in [0, 0.1) is 0 Å². The van der Waals surface area contributed by atoms with Crippen molar-refractivity contribution >= 4 is 11.6 Å². The first-order valence-corrected chi connectivity index (χ1v) is 9.87. The predicted molar refractivity (Wildman–Crippen MR) is 116 cm³/mol. The Hall–Kier alpha value is -2.53. The zero-order chi connectivity index (χ0) is 20.5. The van der Waals surface area contributed by atoms with Gasteiger partial charge in [0.2, 0.25) is 0 Å². The van der Waals surface area contributed by atoms with Gasteiger partial charge in [-0.05, 0) is 62.5 Å². The van der Waals surface area contributed by atoms with Crippen LogP contribution in [0.4, 0.5) is 5.69 Å². The van der Waals surface area contributed by atoms with Crippen LogP contribution < -0.4 is 15.0 Å². The van der Waals surface area contributed by atoms with Crippen molar-refractivity contribution in [2.75, 3.05) is 46.2 Å². The lowest BCUT2D eigenvalue weighted by Gasteiger charge is -2.26. The van der Waals surface area contributed by atoms with E-state index in [-0.39, 0.29) is 11.9 Å². The lowest BCUT2D eigenvalue weighted by molar-refractivity contribution is 0.0942. The van der Waals surface area contributed by atoms with Crippen LogP contribution in [0.15, 0.2) is 48.5 Å². The standard InChI is InChI=1S/C23H33N3O2/c1-6-7-16-28-21-14-10-19(11-15-21)23(27)24-17-22(26(4)5)18-8-12-20(13-9-18)25(2)3/h8-15,22H,6-7,16-17H2,1-5H3,(H,24,27). The van der Waals surface area contributed by atoms with E-state index in [0.29, 0.717) is 18.7 Å². The van der Waals surface area contributed by atoms with E-state index in [1.165, 1.54) is 5.56 Å². The van der Waals surface area contributed by atoms with Crippen molar-refractivity contribution in [3.8, 4) is 5.75 Å². The molecule has 2 rings (SSSR count). The summed E-state index contributed by atoms with van der Waals surface area (Å²) in [7, 11) is 8.11. The highest BCUT2D eigenvalue weighted by molar-refractivity contribution is 5.94. The number of likely N-dealkylation sites (N-methyl/N-ethyl adjacent to an activating group) is 1. The van der Waals surface area contributed by atoms with Gasteiger partial charge in [0.25, 0.3) is 5.91 Å². The number of amides is 1. The summed E-state index contributed by atoms with van der Waals surface area (Å²) < 4.78 is 5.65. The molecule has 28 heavy (non-hydrogen) atoms. The van der Waals surface area contributed by atoms with Crippen molar-refractivity contribution in [3.63, 3.8) is 0 Å². The first-order chi connectivity index (χ1) is 13.4. The first kappa shape index (κ1) is 21.8. The van der Waals surface area contributed by atoms with Gasteiger partial charge in [-0.25, -0.2) is 0 Å². The summed E-state index contributed by atoms with van der Waals surface area (Å²) in [6.07, 6.45) is 2.13. The molecule has 0 radical (unpaired) electrons. The smallest absolute Gasteiger partial charge is 0.251 e. The molecule has 5 heteroatoms. The topological polar surface area (TPSA) is 44.8 Å². The number of benzene rings is 2. The fourth-order valence-electron chi connectivity index (χ4n) is 2.92. The minimum absolute atomic E-state index is 0.0723. The maximum atomic E-state index is 12.5. The Labute approximate surface area is 169 Å². The van der Waals surface area contributed by atoms with Crippen molar-refractivity contribution in [2.24, 2.45) is 0 Å². The molecule has 2 aromatic carbocycles. The van der Waals surface area contributed by atoms with Crippen LogP contribution in [0.3, 0.4) is 0 Å². The third-order valence-electron chi connectivity index (χ3n) is 4.76. The number of unbranched alkanes of at least 4 members (excludes halogenated alkanes) is 1. The van der Waals surface area contributed by atoms with Gasteiger partial charge in [-0.15, -0.1) is 0 Å². The van der Waals surface area contributed by atoms with Gasteiger partial charge in [-0.2, -0.15) is 0 Å². The number of carbonyl (C=O) groups is 1. The molecule has 0 spiro atoms. The van der Waals surface area contributed by atoms with Crippen molar-refractivity contribution in [1.29, 1.82) is 0 Å². The van der Waals surface area contributed by atoms with Gasteiger partial charge in [0.1, 0.15) is 5.75 Å². The van der Waals surface area contributed by atoms with Gasteiger partial charge < -0.3 is 19.9 Å². The van der Waals surface area contributed by atoms with Gasteiger partial charge in [0.05, 0.1) is 12.6 Å². The van der Waals surface area contributed by atoms with Gasteiger partial charge in [0.15, 0.2) is 0 Å². The summed E-state index contributed by atoms with van der Waals surface area (Å²) in [6.45, 7) is 3.38. The van der Waals surface area contributed by atoms with E-state index in [2.05, 4.69) is 46.3 Å². The Morgan fingerprint density at radius 1 is 1.00 bits per heavy atom. The quantitative estimate of drug-likeness (QED) is 0.631. The van der Waals surface area contributed by atoms with Crippen LogP contribution in [-0.2, 0) is 0 Å². The summed E-state index contributed by atoms with van der Waals surface area (Å²) in [4.78, 5) is 16.7. The lowest BCUT2D eigenvalue weighted by Crippen LogP contribution is -2.34. The highest BCUT2D eigenvalue weighted by Crippen LogP contribution is 2.21. The maximum Gasteiger partial charge on any atom is 0.251 e. The van der Waals surface area contributed by atoms with E-state index in [4.69, 9.17) is 4.74 Å². The summed E-state index contributed by atoms with van der Waals surface area (Å²) in [6, 6.07) is 15.9. The molecule has 0 heterocycles. The molecule has 1 atom stereocenters. The van der Waals surface area contributed by atoms with Gasteiger partial charge in [-0.1, -0.05) is 25.5 Å². The van der Waals surface area contributed by atoms with E-state index < -0.39 is 0 Å². The molecule has 2 aromatic rings. The molecule has 1 amide bonds. The molecule has 5 nitrogen and oxygen atoms in total. The molecular weight excluding hydrogens is 350 g/mol. The Kier molecular flexibility index (Phi) is 8.33. The van der Waals surface area contributed by atoms with Crippen LogP contribution >= 0.6 is 0 Å². The van der Waals surface area contributed by atoms with Crippen LogP contribution in [0.25, 0.3) is 0 Å². The number of nitrogens with one attached hydrogen (secondary N) is 1. The monoisotopic (exact) mass is 383 g/mol. The Morgan fingerprint density at radius 3 is 2.18 bits per heavy atom. The van der Waals surface area contributed by atoms with Crippen molar-refractivity contribution in [3.05, 3.63) is 59.7 Å². The summed E-state index contributed by atoms with van der Waals surface area (Å²) in [5.41, 5.74) is 2.98. The Balaban J connectivity index is 1.96. The van der Waals surface area contributed by atoms with E-state index in [9.17, 15) is 4.79 Å². The van der Waals surface area contributed by atoms with Crippen molar-refractivity contribution in [1.82, 2.24) is 10.2 Å². The number of hydrogen-bond donors (Lipinski definition) is 1. The molecule has 1 unspecified atom stereocenters. The SMILES string of the molecule is CCCCOc1ccc(C(=O)NCC(c2ccc(N(C)C)cc2)N(C)C)cc1. The highest BCUT2D eigenvalue weighted by Gasteiger charge is 2.16. The molecule has 0 aliphatic carbocycles. The second-order valence-corrected chi connectivity index (χ2v) is 7.40. The highest BCUT2D eigenvalue weighted by atomic mass is 16.5. The second-order valence-electron chi connectivity index (χ2n) is 7.40. The zero-order valence-electron chi connectivity index (χ0n) is 17.7. The number of rotatable bonds is 10. The molecule has 0 bridgehead atoms. The average Bonchev–Trinajstić information content (AvgIpc) is 2.69. The van der Waals surface area contributed by atoms with E-state index in [1.54, 1.807) is 0 Å².